The van der Waals surface area contributed by atoms with E-state index in [2.05, 4.69) is 10.6 Å². The fourth-order valence-corrected chi connectivity index (χ4v) is 3.40. The molecule has 0 atom stereocenters. The Morgan fingerprint density at radius 2 is 1.62 bits per heavy atom. The Hall–Kier alpha value is -4.72. The third kappa shape index (κ3) is 4.86. The van der Waals surface area contributed by atoms with Gasteiger partial charge in [-0.1, -0.05) is 54.6 Å². The maximum Gasteiger partial charge on any atom is 0.335 e. The van der Waals surface area contributed by atoms with Gasteiger partial charge < -0.3 is 10.1 Å². The lowest BCUT2D eigenvalue weighted by Gasteiger charge is -2.26. The summed E-state index contributed by atoms with van der Waals surface area (Å²) in [5.41, 5.74) is 2.11. The number of imide groups is 2. The average molecular weight is 455 g/mol. The number of urea groups is 1. The monoisotopic (exact) mass is 455 g/mol. The third-order valence-electron chi connectivity index (χ3n) is 5.11. The van der Waals surface area contributed by atoms with Crippen molar-refractivity contribution in [1.82, 2.24) is 5.32 Å². The van der Waals surface area contributed by atoms with E-state index in [0.717, 1.165) is 10.5 Å². The maximum atomic E-state index is 13.0. The van der Waals surface area contributed by atoms with Crippen LogP contribution in [0, 0.1) is 6.92 Å². The number of barbiturate groups is 1. The van der Waals surface area contributed by atoms with E-state index in [1.165, 1.54) is 6.08 Å². The van der Waals surface area contributed by atoms with Gasteiger partial charge in [0.1, 0.15) is 11.3 Å². The Morgan fingerprint density at radius 1 is 0.941 bits per heavy atom. The summed E-state index contributed by atoms with van der Waals surface area (Å²) in [6, 6.07) is 21.5. The van der Waals surface area contributed by atoms with Gasteiger partial charge in [0.15, 0.2) is 6.61 Å². The van der Waals surface area contributed by atoms with Crippen LogP contribution in [0.15, 0.2) is 84.4 Å². The van der Waals surface area contributed by atoms with Gasteiger partial charge >= 0.3 is 6.03 Å². The van der Waals surface area contributed by atoms with E-state index >= 15 is 0 Å². The van der Waals surface area contributed by atoms with E-state index in [4.69, 9.17) is 4.74 Å². The summed E-state index contributed by atoms with van der Waals surface area (Å²) >= 11 is 0. The molecule has 0 aliphatic carbocycles. The fourth-order valence-electron chi connectivity index (χ4n) is 3.40. The predicted molar refractivity (Wildman–Crippen MR) is 127 cm³/mol. The molecule has 5 amide bonds. The van der Waals surface area contributed by atoms with Gasteiger partial charge in [-0.05, 0) is 42.8 Å². The number of anilines is 2. The molecular formula is C26H21N3O5. The second-order valence-electron chi connectivity index (χ2n) is 7.48. The van der Waals surface area contributed by atoms with Crippen LogP contribution in [0.4, 0.5) is 16.2 Å². The minimum absolute atomic E-state index is 0.233. The van der Waals surface area contributed by atoms with E-state index < -0.39 is 17.8 Å². The first-order valence-corrected chi connectivity index (χ1v) is 10.5. The van der Waals surface area contributed by atoms with Crippen LogP contribution in [0.1, 0.15) is 11.1 Å². The number of carbonyl (C=O) groups excluding carboxylic acids is 4. The first kappa shape index (κ1) is 22.5. The van der Waals surface area contributed by atoms with Crippen LogP contribution in [0.3, 0.4) is 0 Å². The fraction of sp³-hybridized carbons (Fsp3) is 0.0769. The quantitative estimate of drug-likeness (QED) is 0.436. The van der Waals surface area contributed by atoms with Gasteiger partial charge in [-0.25, -0.2) is 9.69 Å². The van der Waals surface area contributed by atoms with Crippen molar-refractivity contribution in [2.24, 2.45) is 0 Å². The number of hydrogen-bond donors (Lipinski definition) is 2. The van der Waals surface area contributed by atoms with Gasteiger partial charge in [0.2, 0.25) is 0 Å². The molecule has 34 heavy (non-hydrogen) atoms. The Kier molecular flexibility index (Phi) is 6.49. The van der Waals surface area contributed by atoms with Crippen molar-refractivity contribution in [3.05, 3.63) is 95.6 Å². The van der Waals surface area contributed by atoms with Crippen LogP contribution in [0.25, 0.3) is 6.08 Å². The van der Waals surface area contributed by atoms with Gasteiger partial charge in [0.25, 0.3) is 17.7 Å². The Bertz CT molecular complexity index is 1300. The molecule has 0 bridgehead atoms. The number of amides is 5. The maximum absolute atomic E-state index is 13.0. The second-order valence-corrected chi connectivity index (χ2v) is 7.48. The Morgan fingerprint density at radius 3 is 2.38 bits per heavy atom. The molecule has 0 unspecified atom stereocenters. The molecule has 0 radical (unpaired) electrons. The van der Waals surface area contributed by atoms with Gasteiger partial charge in [-0.2, -0.15) is 0 Å². The summed E-state index contributed by atoms with van der Waals surface area (Å²) in [7, 11) is 0. The topological polar surface area (TPSA) is 105 Å². The number of benzene rings is 3. The van der Waals surface area contributed by atoms with Crippen molar-refractivity contribution in [3.8, 4) is 5.75 Å². The molecule has 1 aliphatic heterocycles. The number of ether oxygens (including phenoxy) is 1. The van der Waals surface area contributed by atoms with Gasteiger partial charge in [-0.3, -0.25) is 19.7 Å². The molecule has 8 heteroatoms. The molecule has 0 aromatic heterocycles. The molecule has 8 nitrogen and oxygen atoms in total. The normalized spacial score (nSPS) is 14.7. The summed E-state index contributed by atoms with van der Waals surface area (Å²) in [5.74, 6) is -1.62. The molecule has 1 heterocycles. The minimum atomic E-state index is -0.823. The molecule has 3 aromatic rings. The molecule has 0 spiro atoms. The van der Waals surface area contributed by atoms with E-state index in [1.807, 2.05) is 25.1 Å². The molecule has 1 fully saturated rings. The zero-order valence-corrected chi connectivity index (χ0v) is 18.3. The van der Waals surface area contributed by atoms with Crippen molar-refractivity contribution in [3.63, 3.8) is 0 Å². The van der Waals surface area contributed by atoms with Crippen molar-refractivity contribution in [1.29, 1.82) is 0 Å². The smallest absolute Gasteiger partial charge is 0.335 e. The zero-order valence-electron chi connectivity index (χ0n) is 18.3. The summed E-state index contributed by atoms with van der Waals surface area (Å²) in [4.78, 5) is 51.1. The second kappa shape index (κ2) is 9.83. The van der Waals surface area contributed by atoms with Crippen molar-refractivity contribution in [2.75, 3.05) is 16.8 Å². The van der Waals surface area contributed by atoms with E-state index in [0.29, 0.717) is 22.7 Å². The van der Waals surface area contributed by atoms with Crippen LogP contribution in [-0.2, 0) is 14.4 Å². The highest BCUT2D eigenvalue weighted by Gasteiger charge is 2.36. The summed E-state index contributed by atoms with van der Waals surface area (Å²) in [5, 5.41) is 4.97. The number of para-hydroxylation sites is 3. The van der Waals surface area contributed by atoms with Crippen LogP contribution < -0.4 is 20.3 Å². The minimum Gasteiger partial charge on any atom is -0.483 e. The lowest BCUT2D eigenvalue weighted by atomic mass is 10.1. The van der Waals surface area contributed by atoms with Gasteiger partial charge in [-0.15, -0.1) is 0 Å². The largest absolute Gasteiger partial charge is 0.483 e. The molecule has 1 aliphatic rings. The molecule has 4 rings (SSSR count). The van der Waals surface area contributed by atoms with Gasteiger partial charge in [0, 0.05) is 11.3 Å². The number of nitrogens with one attached hydrogen (secondary N) is 2. The van der Waals surface area contributed by atoms with Crippen LogP contribution in [0.5, 0.6) is 5.75 Å². The number of rotatable bonds is 6. The highest BCUT2D eigenvalue weighted by atomic mass is 16.5. The average Bonchev–Trinajstić information content (AvgIpc) is 2.83. The van der Waals surface area contributed by atoms with E-state index in [1.54, 1.807) is 60.7 Å². The Balaban J connectivity index is 1.54. The first-order valence-electron chi connectivity index (χ1n) is 10.5. The molecule has 2 N–H and O–H groups in total. The number of aryl methyl sites for hydroxylation is 1. The highest BCUT2D eigenvalue weighted by molar-refractivity contribution is 6.39. The summed E-state index contributed by atoms with van der Waals surface area (Å²) < 4.78 is 5.68. The van der Waals surface area contributed by atoms with Crippen molar-refractivity contribution >= 4 is 41.2 Å². The third-order valence-corrected chi connectivity index (χ3v) is 5.11. The summed E-state index contributed by atoms with van der Waals surface area (Å²) in [6.07, 6.45) is 1.34. The standard InChI is InChI=1S/C26H21N3O5/c1-17-9-5-7-13-21(17)27-23(30)16-34-22-14-8-6-10-18(22)15-20-24(31)28-26(33)29(25(20)32)19-11-3-2-4-12-19/h2-15H,16H2,1H3,(H,27,30)(H,28,31,33)/b20-15-. The number of carbonyl (C=O) groups is 4. The summed E-state index contributed by atoms with van der Waals surface area (Å²) in [6.45, 7) is 1.61. The zero-order chi connectivity index (χ0) is 24.1. The van der Waals surface area contributed by atoms with E-state index in [-0.39, 0.29) is 18.1 Å². The van der Waals surface area contributed by atoms with Gasteiger partial charge in [0.05, 0.1) is 5.69 Å². The lowest BCUT2D eigenvalue weighted by Crippen LogP contribution is -2.54. The predicted octanol–water partition coefficient (Wildman–Crippen LogP) is 3.68. The number of nitrogens with zero attached hydrogens (tertiary/aromatic N) is 1. The van der Waals surface area contributed by atoms with Crippen LogP contribution in [0.2, 0.25) is 0 Å². The lowest BCUT2D eigenvalue weighted by molar-refractivity contribution is -0.122. The highest BCUT2D eigenvalue weighted by Crippen LogP contribution is 2.25. The molecule has 0 saturated carbocycles. The van der Waals surface area contributed by atoms with E-state index in [9.17, 15) is 19.2 Å². The Labute approximate surface area is 195 Å². The molecule has 3 aromatic carbocycles. The molecule has 170 valence electrons. The molecule has 1 saturated heterocycles. The van der Waals surface area contributed by atoms with Crippen molar-refractivity contribution < 1.29 is 23.9 Å². The van der Waals surface area contributed by atoms with Crippen LogP contribution in [-0.4, -0.2) is 30.4 Å². The van der Waals surface area contributed by atoms with Crippen molar-refractivity contribution in [2.45, 2.75) is 6.92 Å². The number of hydrogen-bond acceptors (Lipinski definition) is 5. The van der Waals surface area contributed by atoms with Crippen LogP contribution >= 0.6 is 0 Å². The molecular weight excluding hydrogens is 434 g/mol. The first-order chi connectivity index (χ1) is 16.4. The SMILES string of the molecule is Cc1ccccc1NC(=O)COc1ccccc1/C=C1/C(=O)NC(=O)N(c2ccccc2)C1=O.